The van der Waals surface area contributed by atoms with Crippen molar-refractivity contribution in [1.82, 2.24) is 20.0 Å². The maximum Gasteiger partial charge on any atom is 0.315 e. The normalized spacial score (nSPS) is 13.9. The number of halogens is 3. The Kier molecular flexibility index (Phi) is 7.44. The summed E-state index contributed by atoms with van der Waals surface area (Å²) in [4.78, 5) is 20.4. The number of carbonyl (C=O) groups is 1. The molecule has 0 aliphatic rings. The maximum absolute atomic E-state index is 13.2. The van der Waals surface area contributed by atoms with Crippen molar-refractivity contribution in [2.75, 3.05) is 12.9 Å². The van der Waals surface area contributed by atoms with Crippen molar-refractivity contribution in [3.8, 4) is 11.1 Å². The summed E-state index contributed by atoms with van der Waals surface area (Å²) in [5, 5.41) is 12.6. The van der Waals surface area contributed by atoms with Gasteiger partial charge in [-0.1, -0.05) is 35.6 Å². The summed E-state index contributed by atoms with van der Waals surface area (Å²) in [6.45, 7) is -1.16. The molecule has 2 heterocycles. The van der Waals surface area contributed by atoms with E-state index < -0.39 is 41.2 Å². The molecule has 0 bridgehead atoms. The van der Waals surface area contributed by atoms with Gasteiger partial charge in [-0.05, 0) is 17.2 Å². The molecule has 0 fully saturated rings. The second-order valence-electron chi connectivity index (χ2n) is 6.89. The van der Waals surface area contributed by atoms with Crippen LogP contribution in [-0.4, -0.2) is 54.8 Å². The number of sulfonamides is 1. The number of carbonyl (C=O) groups excluding carboxylic acids is 1. The SMILES string of the molecule is CS(=O)(=O)NCc1nc2cc(-c3ccc([C@H](O)[C@@H](CF)NC(=O)C(F)F)cc3)cnc2s1. The third kappa shape index (κ3) is 6.00. The number of aliphatic hydroxyl groups excluding tert-OH is 1. The van der Waals surface area contributed by atoms with Gasteiger partial charge in [-0.15, -0.1) is 0 Å². The average molecular weight is 489 g/mol. The van der Waals surface area contributed by atoms with Gasteiger partial charge in [-0.3, -0.25) is 4.79 Å². The van der Waals surface area contributed by atoms with Crippen molar-refractivity contribution in [3.05, 3.63) is 47.1 Å². The van der Waals surface area contributed by atoms with E-state index in [0.717, 1.165) is 6.26 Å². The highest BCUT2D eigenvalue weighted by Crippen LogP contribution is 2.27. The number of rotatable bonds is 9. The molecule has 1 amide bonds. The maximum atomic E-state index is 13.2. The third-order valence-corrected chi connectivity index (χ3v) is 6.08. The van der Waals surface area contributed by atoms with Gasteiger partial charge in [0.2, 0.25) is 10.0 Å². The number of nitrogens with one attached hydrogen (secondary N) is 2. The van der Waals surface area contributed by atoms with Crippen molar-refractivity contribution in [2.24, 2.45) is 0 Å². The molecule has 172 valence electrons. The largest absolute Gasteiger partial charge is 0.386 e. The van der Waals surface area contributed by atoms with Gasteiger partial charge in [0.15, 0.2) is 0 Å². The highest BCUT2D eigenvalue weighted by molar-refractivity contribution is 7.88. The summed E-state index contributed by atoms with van der Waals surface area (Å²) >= 11 is 1.26. The van der Waals surface area contributed by atoms with Gasteiger partial charge in [-0.2, -0.15) is 8.78 Å². The number of aromatic nitrogens is 2. The minimum atomic E-state index is -3.35. The van der Waals surface area contributed by atoms with Crippen molar-refractivity contribution in [1.29, 1.82) is 0 Å². The first kappa shape index (κ1) is 24.0. The second kappa shape index (κ2) is 9.90. The first-order valence-corrected chi connectivity index (χ1v) is 11.9. The van der Waals surface area contributed by atoms with Crippen LogP contribution in [0.3, 0.4) is 0 Å². The summed E-state index contributed by atoms with van der Waals surface area (Å²) in [6, 6.07) is 6.50. The monoisotopic (exact) mass is 488 g/mol. The summed E-state index contributed by atoms with van der Waals surface area (Å²) in [5.41, 5.74) is 2.21. The Balaban J connectivity index is 1.76. The van der Waals surface area contributed by atoms with E-state index in [1.165, 1.54) is 23.5 Å². The molecule has 1 aromatic carbocycles. The quantitative estimate of drug-likeness (QED) is 0.425. The van der Waals surface area contributed by atoms with E-state index in [1.807, 2.05) is 0 Å². The fraction of sp³-hybridized carbons (Fsp3) is 0.316. The van der Waals surface area contributed by atoms with Gasteiger partial charge in [0.25, 0.3) is 5.91 Å². The Morgan fingerprint density at radius 1 is 1.22 bits per heavy atom. The lowest BCUT2D eigenvalue weighted by Gasteiger charge is -2.21. The van der Waals surface area contributed by atoms with Gasteiger partial charge in [0.05, 0.1) is 18.8 Å². The standard InChI is InChI=1S/C19H19F3N4O4S2/c1-32(29,30)24-9-15-25-13-6-12(8-23-19(13)31-15)10-2-4-11(5-3-10)16(27)14(7-20)26-18(28)17(21)22/h2-6,8,14,16-17,24,27H,7,9H2,1H3,(H,26,28)/t14-,16+/m1/s1. The molecule has 0 unspecified atom stereocenters. The topological polar surface area (TPSA) is 121 Å². The number of hydrogen-bond donors (Lipinski definition) is 3. The number of hydrogen-bond acceptors (Lipinski definition) is 7. The minimum Gasteiger partial charge on any atom is -0.386 e. The molecule has 13 heteroatoms. The number of benzene rings is 1. The van der Waals surface area contributed by atoms with E-state index >= 15 is 0 Å². The number of thiazole rings is 1. The van der Waals surface area contributed by atoms with Crippen LogP contribution in [0.25, 0.3) is 21.5 Å². The number of alkyl halides is 3. The molecule has 0 aliphatic carbocycles. The van der Waals surface area contributed by atoms with Crippen LogP contribution in [0, 0.1) is 0 Å². The summed E-state index contributed by atoms with van der Waals surface area (Å²) in [6.07, 6.45) is -2.16. The van der Waals surface area contributed by atoms with E-state index in [2.05, 4.69) is 14.7 Å². The first-order chi connectivity index (χ1) is 15.1. The van der Waals surface area contributed by atoms with Crippen LogP contribution in [-0.2, 0) is 21.4 Å². The Morgan fingerprint density at radius 3 is 2.50 bits per heavy atom. The smallest absolute Gasteiger partial charge is 0.315 e. The number of aliphatic hydroxyl groups is 1. The zero-order valence-corrected chi connectivity index (χ0v) is 18.3. The van der Waals surface area contributed by atoms with E-state index in [1.54, 1.807) is 29.7 Å². The molecular weight excluding hydrogens is 469 g/mol. The fourth-order valence-corrected chi connectivity index (χ4v) is 4.16. The second-order valence-corrected chi connectivity index (χ2v) is 9.78. The molecule has 32 heavy (non-hydrogen) atoms. The first-order valence-electron chi connectivity index (χ1n) is 9.20. The number of amides is 1. The molecule has 3 N–H and O–H groups in total. The highest BCUT2D eigenvalue weighted by atomic mass is 32.2. The zero-order valence-electron chi connectivity index (χ0n) is 16.6. The molecule has 8 nitrogen and oxygen atoms in total. The molecule has 0 spiro atoms. The van der Waals surface area contributed by atoms with Gasteiger partial charge in [0, 0.05) is 11.8 Å². The summed E-state index contributed by atoms with van der Waals surface area (Å²) in [5.74, 6) is -1.66. The van der Waals surface area contributed by atoms with Gasteiger partial charge in [0.1, 0.15) is 28.1 Å². The zero-order chi connectivity index (χ0) is 23.5. The lowest BCUT2D eigenvalue weighted by Crippen LogP contribution is -2.43. The molecule has 0 saturated carbocycles. The number of nitrogens with zero attached hydrogens (tertiary/aromatic N) is 2. The van der Waals surface area contributed by atoms with Crippen LogP contribution < -0.4 is 10.0 Å². The van der Waals surface area contributed by atoms with Crippen LogP contribution >= 0.6 is 11.3 Å². The Bertz CT molecular complexity index is 1200. The van der Waals surface area contributed by atoms with E-state index in [4.69, 9.17) is 0 Å². The van der Waals surface area contributed by atoms with Crippen LogP contribution in [0.1, 0.15) is 16.7 Å². The van der Waals surface area contributed by atoms with Crippen molar-refractivity contribution in [3.63, 3.8) is 0 Å². The number of fused-ring (bicyclic) bond motifs is 1. The van der Waals surface area contributed by atoms with Crippen molar-refractivity contribution >= 4 is 37.6 Å². The Hall–Kier alpha value is -2.61. The molecule has 3 aromatic rings. The average Bonchev–Trinajstić information content (AvgIpc) is 3.17. The number of pyridine rings is 1. The van der Waals surface area contributed by atoms with Crippen LogP contribution in [0.5, 0.6) is 0 Å². The van der Waals surface area contributed by atoms with E-state index in [9.17, 15) is 31.5 Å². The lowest BCUT2D eigenvalue weighted by molar-refractivity contribution is -0.133. The molecule has 0 aliphatic heterocycles. The van der Waals surface area contributed by atoms with Crippen molar-refractivity contribution in [2.45, 2.75) is 25.1 Å². The van der Waals surface area contributed by atoms with E-state index in [0.29, 0.717) is 26.5 Å². The van der Waals surface area contributed by atoms with Crippen LogP contribution in [0.15, 0.2) is 36.5 Å². The van der Waals surface area contributed by atoms with Crippen molar-refractivity contribution < 1.29 is 31.5 Å². The highest BCUT2D eigenvalue weighted by Gasteiger charge is 2.26. The van der Waals surface area contributed by atoms with Gasteiger partial charge < -0.3 is 10.4 Å². The molecule has 2 aromatic heterocycles. The molecule has 0 saturated heterocycles. The Labute approximate surface area is 185 Å². The fourth-order valence-electron chi connectivity index (χ4n) is 2.85. The molecule has 2 atom stereocenters. The Morgan fingerprint density at radius 2 is 1.91 bits per heavy atom. The summed E-state index contributed by atoms with van der Waals surface area (Å²) in [7, 11) is -3.35. The lowest BCUT2D eigenvalue weighted by atomic mass is 9.99. The predicted molar refractivity (Wildman–Crippen MR) is 113 cm³/mol. The van der Waals surface area contributed by atoms with Gasteiger partial charge >= 0.3 is 6.43 Å². The third-order valence-electron chi connectivity index (χ3n) is 4.44. The molecule has 3 rings (SSSR count). The molecular formula is C19H19F3N4O4S2. The predicted octanol–water partition coefficient (Wildman–Crippen LogP) is 2.16. The van der Waals surface area contributed by atoms with Crippen LogP contribution in [0.4, 0.5) is 13.2 Å². The van der Waals surface area contributed by atoms with E-state index in [-0.39, 0.29) is 12.1 Å². The minimum absolute atomic E-state index is 0.0552. The molecule has 0 radical (unpaired) electrons. The van der Waals surface area contributed by atoms with Crippen LogP contribution in [0.2, 0.25) is 0 Å². The summed E-state index contributed by atoms with van der Waals surface area (Å²) < 4.78 is 62.8. The van der Waals surface area contributed by atoms with Gasteiger partial charge in [-0.25, -0.2) is 27.5 Å².